The predicted octanol–water partition coefficient (Wildman–Crippen LogP) is 2.91. The fraction of sp³-hybridized carbons (Fsp3) is 0.250. The molecule has 1 aliphatic heterocycles. The van der Waals surface area contributed by atoms with Crippen molar-refractivity contribution >= 4 is 0 Å². The first-order valence-corrected chi connectivity index (χ1v) is 6.42. The van der Waals surface area contributed by atoms with Gasteiger partial charge < -0.3 is 14.6 Å². The molecule has 1 heterocycles. The molecular formula is C16H16O3. The summed E-state index contributed by atoms with van der Waals surface area (Å²) in [4.78, 5) is 0. The second kappa shape index (κ2) is 5.33. The van der Waals surface area contributed by atoms with E-state index < -0.39 is 0 Å². The van der Waals surface area contributed by atoms with Gasteiger partial charge in [-0.25, -0.2) is 0 Å². The molecule has 3 heteroatoms. The molecule has 3 nitrogen and oxygen atoms in total. The van der Waals surface area contributed by atoms with E-state index in [1.165, 1.54) is 0 Å². The van der Waals surface area contributed by atoms with Crippen LogP contribution in [0.4, 0.5) is 0 Å². The van der Waals surface area contributed by atoms with E-state index in [2.05, 4.69) is 0 Å². The first kappa shape index (κ1) is 12.1. The van der Waals surface area contributed by atoms with Crippen LogP contribution in [-0.2, 0) is 17.8 Å². The van der Waals surface area contributed by atoms with Gasteiger partial charge in [-0.1, -0.05) is 36.4 Å². The zero-order valence-corrected chi connectivity index (χ0v) is 10.6. The second-order valence-corrected chi connectivity index (χ2v) is 4.69. The molecule has 0 aliphatic carbocycles. The van der Waals surface area contributed by atoms with E-state index in [1.807, 2.05) is 36.4 Å². The summed E-state index contributed by atoms with van der Waals surface area (Å²) in [5.41, 5.74) is 1.94. The summed E-state index contributed by atoms with van der Waals surface area (Å²) in [7, 11) is 0. The summed E-state index contributed by atoms with van der Waals surface area (Å²) in [5.74, 6) is 1.01. The van der Waals surface area contributed by atoms with Gasteiger partial charge in [0.15, 0.2) is 0 Å². The van der Waals surface area contributed by atoms with Crippen molar-refractivity contribution in [2.75, 3.05) is 6.61 Å². The summed E-state index contributed by atoms with van der Waals surface area (Å²) in [6.45, 7) is 1.27. The molecule has 1 N–H and O–H groups in total. The van der Waals surface area contributed by atoms with Crippen molar-refractivity contribution in [2.24, 2.45) is 0 Å². The van der Waals surface area contributed by atoms with Gasteiger partial charge in [-0.15, -0.1) is 0 Å². The molecule has 98 valence electrons. The quantitative estimate of drug-likeness (QED) is 0.836. The van der Waals surface area contributed by atoms with E-state index in [-0.39, 0.29) is 11.9 Å². The first-order valence-electron chi connectivity index (χ1n) is 6.42. The van der Waals surface area contributed by atoms with Crippen molar-refractivity contribution in [1.29, 1.82) is 0 Å². The highest BCUT2D eigenvalue weighted by Gasteiger charge is 2.25. The minimum atomic E-state index is 0.229. The average molecular weight is 256 g/mol. The second-order valence-electron chi connectivity index (χ2n) is 4.69. The van der Waals surface area contributed by atoms with Crippen LogP contribution >= 0.6 is 0 Å². The fourth-order valence-electron chi connectivity index (χ4n) is 2.04. The normalized spacial score (nSPS) is 17.2. The topological polar surface area (TPSA) is 42.0 Å². The Kier molecular flexibility index (Phi) is 3.38. The molecule has 0 amide bonds. The van der Waals surface area contributed by atoms with Gasteiger partial charge in [0.1, 0.15) is 18.1 Å². The molecule has 0 saturated carbocycles. The molecule has 2 aromatic carbocycles. The fourth-order valence-corrected chi connectivity index (χ4v) is 2.04. The van der Waals surface area contributed by atoms with E-state index in [9.17, 15) is 5.11 Å². The molecule has 0 radical (unpaired) electrons. The van der Waals surface area contributed by atoms with E-state index >= 15 is 0 Å². The van der Waals surface area contributed by atoms with Crippen LogP contribution in [0, 0.1) is 0 Å². The number of aromatic hydroxyl groups is 1. The van der Waals surface area contributed by atoms with E-state index in [0.29, 0.717) is 13.0 Å². The molecule has 3 rings (SSSR count). The SMILES string of the molecule is Oc1cccc(OCc2ccccc2)c1CC1CO1. The number of phenolic OH excluding ortho intramolecular Hbond substituents is 1. The maximum Gasteiger partial charge on any atom is 0.126 e. The predicted molar refractivity (Wildman–Crippen MR) is 72.3 cm³/mol. The number of benzene rings is 2. The van der Waals surface area contributed by atoms with Crippen LogP contribution in [-0.4, -0.2) is 17.8 Å². The minimum absolute atomic E-state index is 0.229. The van der Waals surface area contributed by atoms with Gasteiger partial charge >= 0.3 is 0 Å². The van der Waals surface area contributed by atoms with E-state index in [0.717, 1.165) is 23.5 Å². The highest BCUT2D eigenvalue weighted by molar-refractivity contribution is 5.44. The van der Waals surface area contributed by atoms with Crippen molar-refractivity contribution in [3.05, 3.63) is 59.7 Å². The molecule has 19 heavy (non-hydrogen) atoms. The van der Waals surface area contributed by atoms with Gasteiger partial charge in [-0.05, 0) is 17.7 Å². The Hall–Kier alpha value is -2.00. The molecule has 0 bridgehead atoms. The lowest BCUT2D eigenvalue weighted by Gasteiger charge is -2.12. The summed E-state index contributed by atoms with van der Waals surface area (Å²) in [5, 5.41) is 9.93. The lowest BCUT2D eigenvalue weighted by Crippen LogP contribution is -2.01. The molecule has 2 aromatic rings. The molecule has 0 aromatic heterocycles. The summed E-state index contributed by atoms with van der Waals surface area (Å²) >= 11 is 0. The van der Waals surface area contributed by atoms with Crippen LogP contribution in [0.1, 0.15) is 11.1 Å². The molecule has 1 atom stereocenters. The molecule has 1 unspecified atom stereocenters. The smallest absolute Gasteiger partial charge is 0.126 e. The van der Waals surface area contributed by atoms with Crippen LogP contribution in [0.15, 0.2) is 48.5 Å². The average Bonchev–Trinajstić information content (AvgIpc) is 3.25. The number of ether oxygens (including phenoxy) is 2. The number of epoxide rings is 1. The van der Waals surface area contributed by atoms with E-state index in [1.54, 1.807) is 12.1 Å². The summed E-state index contributed by atoms with van der Waals surface area (Å²) < 4.78 is 11.0. The van der Waals surface area contributed by atoms with Gasteiger partial charge in [-0.3, -0.25) is 0 Å². The monoisotopic (exact) mass is 256 g/mol. The van der Waals surface area contributed by atoms with Crippen molar-refractivity contribution < 1.29 is 14.6 Å². The molecule has 0 spiro atoms. The Bertz CT molecular complexity index is 547. The van der Waals surface area contributed by atoms with Gasteiger partial charge in [0.25, 0.3) is 0 Å². The van der Waals surface area contributed by atoms with Gasteiger partial charge in [0, 0.05) is 12.0 Å². The van der Waals surface area contributed by atoms with Gasteiger partial charge in [0.2, 0.25) is 0 Å². The molecule has 1 fully saturated rings. The minimum Gasteiger partial charge on any atom is -0.508 e. The van der Waals surface area contributed by atoms with Crippen molar-refractivity contribution in [3.63, 3.8) is 0 Å². The summed E-state index contributed by atoms with van der Waals surface area (Å²) in [6, 6.07) is 15.4. The van der Waals surface area contributed by atoms with Crippen LogP contribution in [0.25, 0.3) is 0 Å². The maximum absolute atomic E-state index is 9.93. The zero-order valence-electron chi connectivity index (χ0n) is 10.6. The third kappa shape index (κ3) is 3.06. The third-order valence-electron chi connectivity index (χ3n) is 3.18. The third-order valence-corrected chi connectivity index (χ3v) is 3.18. The van der Waals surface area contributed by atoms with Crippen molar-refractivity contribution in [2.45, 2.75) is 19.1 Å². The van der Waals surface area contributed by atoms with Gasteiger partial charge in [-0.2, -0.15) is 0 Å². The highest BCUT2D eigenvalue weighted by Crippen LogP contribution is 2.32. The van der Waals surface area contributed by atoms with Crippen molar-refractivity contribution in [3.8, 4) is 11.5 Å². The Labute approximate surface area is 112 Å². The molecule has 1 saturated heterocycles. The largest absolute Gasteiger partial charge is 0.508 e. The van der Waals surface area contributed by atoms with Crippen LogP contribution in [0.2, 0.25) is 0 Å². The Morgan fingerprint density at radius 2 is 1.89 bits per heavy atom. The number of hydrogen-bond acceptors (Lipinski definition) is 3. The highest BCUT2D eigenvalue weighted by atomic mass is 16.6. The lowest BCUT2D eigenvalue weighted by molar-refractivity contribution is 0.298. The van der Waals surface area contributed by atoms with Crippen LogP contribution < -0.4 is 4.74 Å². The Balaban J connectivity index is 1.74. The van der Waals surface area contributed by atoms with E-state index in [4.69, 9.17) is 9.47 Å². The molecule has 1 aliphatic rings. The lowest BCUT2D eigenvalue weighted by atomic mass is 10.1. The number of phenols is 1. The maximum atomic E-state index is 9.93. The van der Waals surface area contributed by atoms with Crippen LogP contribution in [0.5, 0.6) is 11.5 Å². The Morgan fingerprint density at radius 1 is 1.11 bits per heavy atom. The number of rotatable bonds is 5. The van der Waals surface area contributed by atoms with Gasteiger partial charge in [0.05, 0.1) is 12.7 Å². The number of hydrogen-bond donors (Lipinski definition) is 1. The van der Waals surface area contributed by atoms with Crippen molar-refractivity contribution in [1.82, 2.24) is 0 Å². The zero-order chi connectivity index (χ0) is 13.1. The Morgan fingerprint density at radius 3 is 2.63 bits per heavy atom. The first-order chi connectivity index (χ1) is 9.33. The molecular weight excluding hydrogens is 240 g/mol. The van der Waals surface area contributed by atoms with Crippen LogP contribution in [0.3, 0.4) is 0 Å². The standard InChI is InChI=1S/C16H16O3/c17-15-7-4-8-16(14(15)9-13-11-18-13)19-10-12-5-2-1-3-6-12/h1-8,13,17H,9-11H2. The summed E-state index contributed by atoms with van der Waals surface area (Å²) in [6.07, 6.45) is 0.934.